The van der Waals surface area contributed by atoms with E-state index in [0.717, 1.165) is 16.7 Å². The summed E-state index contributed by atoms with van der Waals surface area (Å²) in [7, 11) is 1.25. The molecule has 2 aromatic carbocycles. The molecule has 4 atom stereocenters. The topological polar surface area (TPSA) is 114 Å². The maximum atomic E-state index is 14.5. The zero-order chi connectivity index (χ0) is 29.6. The smallest absolute Gasteiger partial charge is 0.408 e. The minimum Gasteiger partial charge on any atom is -0.468 e. The number of carbonyl (C=O) groups is 4. The Balaban J connectivity index is 2.07. The van der Waals surface area contributed by atoms with Gasteiger partial charge in [-0.2, -0.15) is 0 Å². The standard InChI is InChI=1S/C31H41N3O6/c1-19-12-11-13-20(2)26(19)27(28(36)32-18-25(35)39-7)34(24-16-21(24)3)29(37)23(17-22-14-9-8-10-15-22)33-30(38)40-31(4,5)6/h8-15,21,23-24,27H,16-18H2,1-7H3,(H,32,36)(H,33,38). The van der Waals surface area contributed by atoms with E-state index in [1.54, 1.807) is 25.7 Å². The maximum absolute atomic E-state index is 14.5. The lowest BCUT2D eigenvalue weighted by Gasteiger charge is -2.36. The molecular weight excluding hydrogens is 510 g/mol. The van der Waals surface area contributed by atoms with Crippen molar-refractivity contribution in [2.45, 2.75) is 78.1 Å². The van der Waals surface area contributed by atoms with Gasteiger partial charge in [0.25, 0.3) is 0 Å². The number of nitrogens with one attached hydrogen (secondary N) is 2. The fraction of sp³-hybridized carbons (Fsp3) is 0.484. The van der Waals surface area contributed by atoms with Crippen LogP contribution in [0.25, 0.3) is 0 Å². The highest BCUT2D eigenvalue weighted by atomic mass is 16.6. The number of benzene rings is 2. The minimum atomic E-state index is -1.02. The average Bonchev–Trinajstić information content (AvgIpc) is 3.60. The second kappa shape index (κ2) is 13.0. The quantitative estimate of drug-likeness (QED) is 0.432. The first-order valence-electron chi connectivity index (χ1n) is 13.6. The highest BCUT2D eigenvalue weighted by Gasteiger charge is 2.48. The van der Waals surface area contributed by atoms with Crippen molar-refractivity contribution in [3.05, 3.63) is 70.8 Å². The summed E-state index contributed by atoms with van der Waals surface area (Å²) >= 11 is 0. The number of hydrogen-bond acceptors (Lipinski definition) is 6. The van der Waals surface area contributed by atoms with Crippen LogP contribution < -0.4 is 10.6 Å². The third-order valence-electron chi connectivity index (χ3n) is 6.93. The number of nitrogens with zero attached hydrogens (tertiary/aromatic N) is 1. The Labute approximate surface area is 236 Å². The first kappa shape index (κ1) is 30.7. The van der Waals surface area contributed by atoms with Crippen molar-refractivity contribution < 1.29 is 28.7 Å². The van der Waals surface area contributed by atoms with Crippen molar-refractivity contribution in [1.82, 2.24) is 15.5 Å². The Morgan fingerprint density at radius 1 is 1.00 bits per heavy atom. The van der Waals surface area contributed by atoms with Gasteiger partial charge < -0.3 is 25.0 Å². The highest BCUT2D eigenvalue weighted by Crippen LogP contribution is 2.42. The summed E-state index contributed by atoms with van der Waals surface area (Å²) < 4.78 is 10.2. The molecule has 216 valence electrons. The van der Waals surface area contributed by atoms with Gasteiger partial charge in [0.05, 0.1) is 7.11 Å². The highest BCUT2D eigenvalue weighted by molar-refractivity contribution is 5.94. The predicted octanol–water partition coefficient (Wildman–Crippen LogP) is 4.01. The van der Waals surface area contributed by atoms with E-state index in [0.29, 0.717) is 12.0 Å². The Morgan fingerprint density at radius 2 is 1.60 bits per heavy atom. The number of amides is 3. The SMILES string of the molecule is COC(=O)CNC(=O)C(c1c(C)cccc1C)N(C(=O)C(Cc1ccccc1)NC(=O)OC(C)(C)C)C1CC1C. The van der Waals surface area contributed by atoms with Crippen LogP contribution in [0.15, 0.2) is 48.5 Å². The van der Waals surface area contributed by atoms with E-state index in [4.69, 9.17) is 9.47 Å². The Morgan fingerprint density at radius 3 is 2.12 bits per heavy atom. The second-order valence-corrected chi connectivity index (χ2v) is 11.4. The van der Waals surface area contributed by atoms with Crippen molar-refractivity contribution in [3.63, 3.8) is 0 Å². The van der Waals surface area contributed by atoms with Gasteiger partial charge in [0.2, 0.25) is 11.8 Å². The number of carbonyl (C=O) groups excluding carboxylic acids is 4. The number of methoxy groups -OCH3 is 1. The summed E-state index contributed by atoms with van der Waals surface area (Å²) in [6, 6.07) is 12.8. The number of ether oxygens (including phenoxy) is 2. The summed E-state index contributed by atoms with van der Waals surface area (Å²) in [6.45, 7) is 10.7. The molecule has 0 spiro atoms. The maximum Gasteiger partial charge on any atom is 0.408 e. The molecule has 4 unspecified atom stereocenters. The van der Waals surface area contributed by atoms with E-state index in [1.807, 2.05) is 69.3 Å². The molecule has 0 heterocycles. The van der Waals surface area contributed by atoms with Gasteiger partial charge >= 0.3 is 12.1 Å². The monoisotopic (exact) mass is 551 g/mol. The van der Waals surface area contributed by atoms with Crippen molar-refractivity contribution in [2.24, 2.45) is 5.92 Å². The van der Waals surface area contributed by atoms with Gasteiger partial charge in [-0.25, -0.2) is 4.79 Å². The first-order valence-corrected chi connectivity index (χ1v) is 13.6. The molecule has 1 fully saturated rings. The fourth-order valence-corrected chi connectivity index (χ4v) is 4.84. The van der Waals surface area contributed by atoms with Crippen LogP contribution in [0.3, 0.4) is 0 Å². The summed E-state index contributed by atoms with van der Waals surface area (Å²) in [5.41, 5.74) is 2.45. The van der Waals surface area contributed by atoms with E-state index < -0.39 is 41.6 Å². The molecule has 0 aliphatic heterocycles. The molecule has 0 aromatic heterocycles. The van der Waals surface area contributed by atoms with E-state index in [1.165, 1.54) is 7.11 Å². The number of rotatable bonds is 10. The third-order valence-corrected chi connectivity index (χ3v) is 6.93. The number of hydrogen-bond donors (Lipinski definition) is 2. The molecule has 9 heteroatoms. The molecule has 1 aliphatic rings. The molecule has 1 aliphatic carbocycles. The lowest BCUT2D eigenvalue weighted by Crippen LogP contribution is -2.55. The molecule has 2 aromatic rings. The van der Waals surface area contributed by atoms with E-state index in [-0.39, 0.29) is 24.9 Å². The molecular formula is C31H41N3O6. The lowest BCUT2D eigenvalue weighted by molar-refractivity contribution is -0.145. The van der Waals surface area contributed by atoms with Crippen LogP contribution in [-0.4, -0.2) is 60.1 Å². The molecule has 3 rings (SSSR count). The van der Waals surface area contributed by atoms with Crippen molar-refractivity contribution >= 4 is 23.9 Å². The molecule has 0 radical (unpaired) electrons. The van der Waals surface area contributed by atoms with Crippen molar-refractivity contribution in [3.8, 4) is 0 Å². The number of aryl methyl sites for hydroxylation is 2. The lowest BCUT2D eigenvalue weighted by atomic mass is 9.93. The van der Waals surface area contributed by atoms with Gasteiger partial charge in [-0.3, -0.25) is 14.4 Å². The summed E-state index contributed by atoms with van der Waals surface area (Å²) in [5.74, 6) is -1.33. The van der Waals surface area contributed by atoms with Gasteiger partial charge in [0.1, 0.15) is 24.2 Å². The van der Waals surface area contributed by atoms with E-state index in [2.05, 4.69) is 10.6 Å². The van der Waals surface area contributed by atoms with Gasteiger partial charge in [0.15, 0.2) is 0 Å². The van der Waals surface area contributed by atoms with Gasteiger partial charge in [-0.05, 0) is 69.2 Å². The Hall–Kier alpha value is -3.88. The number of alkyl carbamates (subject to hydrolysis) is 1. The van der Waals surface area contributed by atoms with Crippen LogP contribution in [0.5, 0.6) is 0 Å². The molecule has 40 heavy (non-hydrogen) atoms. The largest absolute Gasteiger partial charge is 0.468 e. The van der Waals surface area contributed by atoms with Crippen LogP contribution in [0.4, 0.5) is 4.79 Å². The third kappa shape index (κ3) is 8.07. The normalized spacial score (nSPS) is 17.7. The van der Waals surface area contributed by atoms with Gasteiger partial charge in [-0.15, -0.1) is 0 Å². The van der Waals surface area contributed by atoms with E-state index in [9.17, 15) is 19.2 Å². The van der Waals surface area contributed by atoms with Gasteiger partial charge in [-0.1, -0.05) is 55.5 Å². The second-order valence-electron chi connectivity index (χ2n) is 11.4. The van der Waals surface area contributed by atoms with Crippen LogP contribution in [0.2, 0.25) is 0 Å². The van der Waals surface area contributed by atoms with Crippen LogP contribution in [0.1, 0.15) is 62.4 Å². The zero-order valence-corrected chi connectivity index (χ0v) is 24.4. The summed E-state index contributed by atoms with van der Waals surface area (Å²) in [4.78, 5) is 54.7. The molecule has 9 nitrogen and oxygen atoms in total. The van der Waals surface area contributed by atoms with Crippen LogP contribution in [0, 0.1) is 19.8 Å². The molecule has 0 saturated heterocycles. The van der Waals surface area contributed by atoms with E-state index >= 15 is 0 Å². The zero-order valence-electron chi connectivity index (χ0n) is 24.4. The molecule has 2 N–H and O–H groups in total. The average molecular weight is 552 g/mol. The molecule has 1 saturated carbocycles. The minimum absolute atomic E-state index is 0.156. The number of esters is 1. The summed E-state index contributed by atoms with van der Waals surface area (Å²) in [6.07, 6.45) is 0.200. The Bertz CT molecular complexity index is 1200. The molecule has 3 amide bonds. The van der Waals surface area contributed by atoms with Crippen molar-refractivity contribution in [1.29, 1.82) is 0 Å². The summed E-state index contributed by atoms with van der Waals surface area (Å²) in [5, 5.41) is 5.44. The predicted molar refractivity (Wildman–Crippen MR) is 151 cm³/mol. The molecule has 0 bridgehead atoms. The van der Waals surface area contributed by atoms with Crippen LogP contribution >= 0.6 is 0 Å². The van der Waals surface area contributed by atoms with Crippen molar-refractivity contribution in [2.75, 3.05) is 13.7 Å². The Kier molecular flexibility index (Phi) is 9.95. The first-order chi connectivity index (χ1) is 18.8. The fourth-order valence-electron chi connectivity index (χ4n) is 4.84. The van der Waals surface area contributed by atoms with Crippen LogP contribution in [-0.2, 0) is 30.3 Å². The van der Waals surface area contributed by atoms with Gasteiger partial charge in [0, 0.05) is 12.5 Å².